The number of rotatable bonds is 5. The standard InChI is InChI=1S/C29H23ClN6O2/c1-17-25(27(37)33-20-12-10-18(11-13-20)19-14-15-31-16-19)26(21-6-2-3-7-22(21)30)35-28(32-17)36-29-34-23-8-4-5-9-24(23)38-29/h2-14,16,26H,15H2,1H3,(H,33,37)(H2,32,34,35,36). The number of aromatic nitrogens is 1. The maximum Gasteiger partial charge on any atom is 0.302 e. The highest BCUT2D eigenvalue weighted by Gasteiger charge is 2.31. The molecule has 0 saturated carbocycles. The van der Waals surface area contributed by atoms with Crippen LogP contribution in [0.3, 0.4) is 0 Å². The second kappa shape index (κ2) is 9.99. The molecule has 3 aromatic carbocycles. The Morgan fingerprint density at radius 1 is 1.05 bits per heavy atom. The second-order valence-corrected chi connectivity index (χ2v) is 9.27. The minimum absolute atomic E-state index is 0.279. The minimum Gasteiger partial charge on any atom is -0.423 e. The molecule has 188 valence electrons. The molecule has 4 aromatic rings. The molecule has 2 aliphatic heterocycles. The zero-order valence-corrected chi connectivity index (χ0v) is 21.2. The van der Waals surface area contributed by atoms with Crippen molar-refractivity contribution in [3.8, 4) is 0 Å². The number of carbonyl (C=O) groups excluding carboxylic acids is 1. The largest absolute Gasteiger partial charge is 0.423 e. The highest BCUT2D eigenvalue weighted by molar-refractivity contribution is 6.31. The van der Waals surface area contributed by atoms with Gasteiger partial charge in [0.15, 0.2) is 5.58 Å². The van der Waals surface area contributed by atoms with Crippen LogP contribution in [0.15, 0.2) is 105 Å². The van der Waals surface area contributed by atoms with E-state index in [2.05, 4.69) is 32.0 Å². The van der Waals surface area contributed by atoms with E-state index < -0.39 is 6.04 Å². The van der Waals surface area contributed by atoms with Crippen LogP contribution in [-0.2, 0) is 4.79 Å². The van der Waals surface area contributed by atoms with Crippen molar-refractivity contribution in [1.29, 1.82) is 0 Å². The third-order valence-corrected chi connectivity index (χ3v) is 6.67. The first-order valence-electron chi connectivity index (χ1n) is 12.1. The number of guanidine groups is 1. The van der Waals surface area contributed by atoms with Crippen LogP contribution in [0.25, 0.3) is 16.7 Å². The van der Waals surface area contributed by atoms with Crippen LogP contribution in [-0.4, -0.2) is 29.6 Å². The summed E-state index contributed by atoms with van der Waals surface area (Å²) in [6.07, 6.45) is 3.92. The number of fused-ring (bicyclic) bond motifs is 1. The van der Waals surface area contributed by atoms with Crippen LogP contribution in [0.5, 0.6) is 0 Å². The molecule has 0 spiro atoms. The summed E-state index contributed by atoms with van der Waals surface area (Å²) in [5.74, 6) is 0.116. The Kier molecular flexibility index (Phi) is 6.23. The molecule has 2 aliphatic rings. The smallest absolute Gasteiger partial charge is 0.302 e. The number of anilines is 2. The van der Waals surface area contributed by atoms with Crippen LogP contribution < -0.4 is 16.0 Å². The van der Waals surface area contributed by atoms with Crippen molar-refractivity contribution in [2.75, 3.05) is 17.2 Å². The van der Waals surface area contributed by atoms with Crippen LogP contribution in [0.1, 0.15) is 24.1 Å². The van der Waals surface area contributed by atoms with Crippen molar-refractivity contribution in [3.63, 3.8) is 0 Å². The van der Waals surface area contributed by atoms with E-state index in [9.17, 15) is 4.79 Å². The lowest BCUT2D eigenvalue weighted by molar-refractivity contribution is -0.113. The number of halogens is 1. The summed E-state index contributed by atoms with van der Waals surface area (Å²) in [5, 5.41) is 9.80. The monoisotopic (exact) mass is 522 g/mol. The van der Waals surface area contributed by atoms with Gasteiger partial charge in [-0.2, -0.15) is 4.98 Å². The van der Waals surface area contributed by atoms with Crippen molar-refractivity contribution >= 4 is 58.1 Å². The molecule has 6 rings (SSSR count). The van der Waals surface area contributed by atoms with E-state index in [0.29, 0.717) is 51.6 Å². The first kappa shape index (κ1) is 23.7. The van der Waals surface area contributed by atoms with Gasteiger partial charge < -0.3 is 15.1 Å². The van der Waals surface area contributed by atoms with Crippen LogP contribution in [0, 0.1) is 0 Å². The van der Waals surface area contributed by atoms with Crippen LogP contribution in [0.4, 0.5) is 11.7 Å². The lowest BCUT2D eigenvalue weighted by Crippen LogP contribution is -2.37. The Bertz CT molecular complexity index is 1630. The molecule has 9 heteroatoms. The predicted molar refractivity (Wildman–Crippen MR) is 152 cm³/mol. The summed E-state index contributed by atoms with van der Waals surface area (Å²) in [5.41, 5.74) is 5.97. The van der Waals surface area contributed by atoms with Crippen molar-refractivity contribution in [3.05, 3.63) is 106 Å². The number of hydrogen-bond donors (Lipinski definition) is 3. The highest BCUT2D eigenvalue weighted by Crippen LogP contribution is 2.35. The lowest BCUT2D eigenvalue weighted by atomic mass is 9.95. The molecule has 1 atom stereocenters. The summed E-state index contributed by atoms with van der Waals surface area (Å²) in [4.78, 5) is 27.1. The third kappa shape index (κ3) is 4.69. The van der Waals surface area contributed by atoms with Gasteiger partial charge in [-0.15, -0.1) is 0 Å². The molecule has 0 radical (unpaired) electrons. The second-order valence-electron chi connectivity index (χ2n) is 8.86. The fourth-order valence-electron chi connectivity index (χ4n) is 4.47. The van der Waals surface area contributed by atoms with E-state index >= 15 is 0 Å². The molecule has 0 aliphatic carbocycles. The summed E-state index contributed by atoms with van der Waals surface area (Å²) in [6.45, 7) is 2.53. The first-order valence-corrected chi connectivity index (χ1v) is 12.5. The Morgan fingerprint density at radius 3 is 2.61 bits per heavy atom. The molecule has 0 saturated heterocycles. The SMILES string of the molecule is CC1=C(C(=O)Nc2ccc(C3=CCN=C3)cc2)C(c2ccccc2Cl)N=C(Nc2nc3ccccc3o2)N1. The van der Waals surface area contributed by atoms with Crippen molar-refractivity contribution in [1.82, 2.24) is 10.3 Å². The Labute approximate surface area is 223 Å². The quantitative estimate of drug-likeness (QED) is 0.299. The van der Waals surface area contributed by atoms with E-state index in [4.69, 9.17) is 21.0 Å². The predicted octanol–water partition coefficient (Wildman–Crippen LogP) is 5.97. The normalized spacial score (nSPS) is 16.7. The number of benzene rings is 3. The van der Waals surface area contributed by atoms with Crippen LogP contribution in [0.2, 0.25) is 5.02 Å². The van der Waals surface area contributed by atoms with Crippen molar-refractivity contribution in [2.45, 2.75) is 13.0 Å². The van der Waals surface area contributed by atoms with E-state index in [0.717, 1.165) is 16.7 Å². The summed E-state index contributed by atoms with van der Waals surface area (Å²) in [7, 11) is 0. The minimum atomic E-state index is -0.657. The molecule has 0 bridgehead atoms. The molecule has 3 heterocycles. The average Bonchev–Trinajstić information content (AvgIpc) is 3.59. The van der Waals surface area contributed by atoms with E-state index in [1.165, 1.54) is 0 Å². The number of hydrogen-bond acceptors (Lipinski definition) is 7. The summed E-state index contributed by atoms with van der Waals surface area (Å²) >= 11 is 6.57. The van der Waals surface area contributed by atoms with E-state index in [1.54, 1.807) is 6.07 Å². The van der Waals surface area contributed by atoms with Crippen molar-refractivity contribution in [2.24, 2.45) is 9.98 Å². The maximum atomic E-state index is 13.6. The Balaban J connectivity index is 1.29. The van der Waals surface area contributed by atoms with Gasteiger partial charge in [0.25, 0.3) is 5.91 Å². The Morgan fingerprint density at radius 2 is 1.84 bits per heavy atom. The molecular formula is C29H23ClN6O2. The van der Waals surface area contributed by atoms with Gasteiger partial charge in [0, 0.05) is 28.2 Å². The first-order chi connectivity index (χ1) is 18.5. The topological polar surface area (TPSA) is 104 Å². The van der Waals surface area contributed by atoms with Crippen LogP contribution >= 0.6 is 11.6 Å². The molecule has 3 N–H and O–H groups in total. The average molecular weight is 523 g/mol. The lowest BCUT2D eigenvalue weighted by Gasteiger charge is -2.27. The van der Waals surface area contributed by atoms with Gasteiger partial charge in [0.2, 0.25) is 5.96 Å². The molecular weight excluding hydrogens is 500 g/mol. The molecule has 0 fully saturated rings. The Hall–Kier alpha value is -4.69. The van der Waals surface area contributed by atoms with Gasteiger partial charge in [0.1, 0.15) is 11.6 Å². The highest BCUT2D eigenvalue weighted by atomic mass is 35.5. The third-order valence-electron chi connectivity index (χ3n) is 6.33. The number of carbonyl (C=O) groups is 1. The van der Waals surface area contributed by atoms with Gasteiger partial charge in [-0.3, -0.25) is 15.1 Å². The zero-order valence-electron chi connectivity index (χ0n) is 20.4. The van der Waals surface area contributed by atoms with E-state index in [-0.39, 0.29) is 5.91 Å². The van der Waals surface area contributed by atoms with Gasteiger partial charge >= 0.3 is 6.01 Å². The fraction of sp³-hybridized carbons (Fsp3) is 0.103. The molecule has 8 nitrogen and oxygen atoms in total. The number of oxazole rings is 1. The van der Waals surface area contributed by atoms with Gasteiger partial charge in [-0.05, 0) is 48.4 Å². The summed E-state index contributed by atoms with van der Waals surface area (Å²) in [6, 6.07) is 22.2. The number of aliphatic imine (C=N–C) groups is 2. The molecule has 1 aromatic heterocycles. The molecule has 38 heavy (non-hydrogen) atoms. The van der Waals surface area contributed by atoms with Gasteiger partial charge in [-0.1, -0.05) is 60.1 Å². The van der Waals surface area contributed by atoms with Crippen molar-refractivity contribution < 1.29 is 9.21 Å². The number of amides is 1. The summed E-state index contributed by atoms with van der Waals surface area (Å²) < 4.78 is 5.79. The molecule has 1 unspecified atom stereocenters. The van der Waals surface area contributed by atoms with E-state index in [1.807, 2.05) is 79.9 Å². The maximum absolute atomic E-state index is 13.6. The number of nitrogens with one attached hydrogen (secondary N) is 3. The van der Waals surface area contributed by atoms with Gasteiger partial charge in [-0.25, -0.2) is 4.99 Å². The van der Waals surface area contributed by atoms with Gasteiger partial charge in [0.05, 0.1) is 12.1 Å². The number of para-hydroxylation sites is 2. The number of nitrogens with zero attached hydrogens (tertiary/aromatic N) is 3. The molecule has 1 amide bonds. The fourth-order valence-corrected chi connectivity index (χ4v) is 4.71. The zero-order chi connectivity index (χ0) is 26.1. The number of allylic oxidation sites excluding steroid dienone is 2.